The van der Waals surface area contributed by atoms with E-state index in [4.69, 9.17) is 0 Å². The summed E-state index contributed by atoms with van der Waals surface area (Å²) in [6, 6.07) is 21.1. The number of halogens is 4. The van der Waals surface area contributed by atoms with E-state index in [1.165, 1.54) is 18.3 Å². The fourth-order valence-electron chi connectivity index (χ4n) is 2.98. The van der Waals surface area contributed by atoms with Gasteiger partial charge < -0.3 is 4.55 Å². The van der Waals surface area contributed by atoms with Crippen LogP contribution in [0, 0.1) is 7.14 Å². The van der Waals surface area contributed by atoms with E-state index < -0.39 is 26.8 Å². The van der Waals surface area contributed by atoms with Gasteiger partial charge in [-0.2, -0.15) is 13.2 Å². The van der Waals surface area contributed by atoms with Crippen molar-refractivity contribution < 1.29 is 47.3 Å². The molecule has 0 bridgehead atoms. The van der Waals surface area contributed by atoms with Crippen LogP contribution in [0.1, 0.15) is 58.2 Å². The van der Waals surface area contributed by atoms with E-state index >= 15 is 0 Å². The number of hydrogen-bond donors (Lipinski definition) is 0. The highest BCUT2D eigenvalue weighted by molar-refractivity contribution is 7.85. The third-order valence-electron chi connectivity index (χ3n) is 5.09. The molecule has 0 unspecified atom stereocenters. The Bertz CT molecular complexity index is 1170. The first kappa shape index (κ1) is 29.3. The zero-order chi connectivity index (χ0) is 26.7. The first-order valence-electron chi connectivity index (χ1n) is 10.9. The largest absolute Gasteiger partial charge is 0.744 e. The maximum atomic E-state index is 12.1. The molecule has 0 aliphatic carbocycles. The van der Waals surface area contributed by atoms with Crippen LogP contribution in [0.3, 0.4) is 0 Å². The van der Waals surface area contributed by atoms with E-state index in [0.29, 0.717) is 12.1 Å². The van der Waals surface area contributed by atoms with Crippen LogP contribution in [0.15, 0.2) is 77.7 Å². The van der Waals surface area contributed by atoms with E-state index in [-0.39, 0.29) is 32.0 Å². The fraction of sp³-hybridized carbons (Fsp3) is 0.333. The van der Waals surface area contributed by atoms with Crippen LogP contribution in [-0.2, 0) is 27.1 Å². The Morgan fingerprint density at radius 2 is 1.06 bits per heavy atom. The minimum absolute atomic E-state index is 0.0703. The lowest BCUT2D eigenvalue weighted by Gasteiger charge is -2.18. The summed E-state index contributed by atoms with van der Waals surface area (Å²) in [6.45, 7) is 13.6. The highest BCUT2D eigenvalue weighted by atomic mass is 127. The van der Waals surface area contributed by atoms with Gasteiger partial charge in [-0.15, -0.1) is 0 Å². The molecule has 0 amide bonds. The summed E-state index contributed by atoms with van der Waals surface area (Å²) in [6.07, 6.45) is -4.65. The van der Waals surface area contributed by atoms with Crippen molar-refractivity contribution in [2.45, 2.75) is 63.4 Å². The van der Waals surface area contributed by atoms with Crippen molar-refractivity contribution in [1.29, 1.82) is 0 Å². The molecule has 0 aliphatic rings. The summed E-state index contributed by atoms with van der Waals surface area (Å²) in [5, 5.41) is 0. The quantitative estimate of drug-likeness (QED) is 0.330. The van der Waals surface area contributed by atoms with Gasteiger partial charge in [0.15, 0.2) is 7.14 Å². The van der Waals surface area contributed by atoms with Gasteiger partial charge in [0.05, 0.1) is 10.5 Å². The molecule has 0 aromatic heterocycles. The van der Waals surface area contributed by atoms with E-state index in [2.05, 4.69) is 90.1 Å². The van der Waals surface area contributed by atoms with Crippen LogP contribution in [0.25, 0.3) is 0 Å². The third kappa shape index (κ3) is 9.24. The summed E-state index contributed by atoms with van der Waals surface area (Å²) in [5.41, 5.74) is 2.15. The monoisotopic (exact) mass is 618 g/mol. The Morgan fingerprint density at radius 3 is 1.37 bits per heavy atom. The van der Waals surface area contributed by atoms with Crippen molar-refractivity contribution in [3.63, 3.8) is 0 Å². The van der Waals surface area contributed by atoms with Gasteiger partial charge in [0.1, 0.15) is 10.1 Å². The van der Waals surface area contributed by atoms with Crippen molar-refractivity contribution in [2.75, 3.05) is 0 Å². The van der Waals surface area contributed by atoms with Gasteiger partial charge in [0.25, 0.3) is 0 Å². The Morgan fingerprint density at radius 1 is 0.657 bits per heavy atom. The molecule has 0 heterocycles. The van der Waals surface area contributed by atoms with Gasteiger partial charge in [-0.1, -0.05) is 71.9 Å². The molecular formula is C27H30F3IO3S. The van der Waals surface area contributed by atoms with Gasteiger partial charge >= 0.3 is 27.4 Å². The first-order valence-corrected chi connectivity index (χ1v) is 14.4. The van der Waals surface area contributed by atoms with E-state index in [1.807, 2.05) is 0 Å². The van der Waals surface area contributed by atoms with Gasteiger partial charge in [-0.25, -0.2) is 8.42 Å². The molecule has 0 radical (unpaired) electrons. The van der Waals surface area contributed by atoms with Crippen LogP contribution in [-0.4, -0.2) is 13.0 Å². The summed E-state index contributed by atoms with van der Waals surface area (Å²) in [4.78, 5) is -0.882. The van der Waals surface area contributed by atoms with Crippen LogP contribution >= 0.6 is 0 Å². The highest BCUT2D eigenvalue weighted by Gasteiger charge is 2.30. The number of hydrogen-bond acceptors (Lipinski definition) is 3. The predicted molar refractivity (Wildman–Crippen MR) is 127 cm³/mol. The van der Waals surface area contributed by atoms with E-state index in [0.717, 1.165) is 12.1 Å². The third-order valence-corrected chi connectivity index (χ3v) is 8.60. The molecule has 0 saturated heterocycles. The van der Waals surface area contributed by atoms with Crippen molar-refractivity contribution in [3.05, 3.63) is 96.6 Å². The molecule has 3 nitrogen and oxygen atoms in total. The van der Waals surface area contributed by atoms with E-state index in [1.54, 1.807) is 0 Å². The Balaban J connectivity index is 0.000000269. The minimum Gasteiger partial charge on any atom is -0.744 e. The molecule has 3 rings (SSSR count). The molecule has 8 heteroatoms. The number of alkyl halides is 3. The second-order valence-electron chi connectivity index (χ2n) is 10.1. The molecule has 3 aromatic carbocycles. The molecule has 0 spiro atoms. The second-order valence-corrected chi connectivity index (χ2v) is 14.5. The van der Waals surface area contributed by atoms with E-state index in [9.17, 15) is 26.1 Å². The average molecular weight is 618 g/mol. The fourth-order valence-corrected chi connectivity index (χ4v) is 5.65. The lowest BCUT2D eigenvalue weighted by atomic mass is 9.87. The molecule has 3 aromatic rings. The summed E-state index contributed by atoms with van der Waals surface area (Å²) in [7, 11) is -4.84. The molecule has 35 heavy (non-hydrogen) atoms. The average Bonchev–Trinajstić information content (AvgIpc) is 2.73. The molecule has 0 fully saturated rings. The normalized spacial score (nSPS) is 12.6. The minimum atomic E-state index is -4.84. The zero-order valence-corrected chi connectivity index (χ0v) is 23.5. The zero-order valence-electron chi connectivity index (χ0n) is 20.6. The van der Waals surface area contributed by atoms with Crippen molar-refractivity contribution in [2.24, 2.45) is 0 Å². The van der Waals surface area contributed by atoms with Crippen LogP contribution < -0.4 is 21.2 Å². The summed E-state index contributed by atoms with van der Waals surface area (Å²) >= 11 is -0.0703. The van der Waals surface area contributed by atoms with Crippen LogP contribution in [0.2, 0.25) is 0 Å². The first-order chi connectivity index (χ1) is 15.9. The maximum Gasteiger partial charge on any atom is 0.416 e. The smallest absolute Gasteiger partial charge is 0.416 e. The Kier molecular flexibility index (Phi) is 9.22. The SMILES string of the molecule is CC(C)(C)c1ccc([I+]c2ccc(C(C)(C)C)cc2)cc1.O=S(=O)([O-])c1cccc(C(F)(F)F)c1. The van der Waals surface area contributed by atoms with Gasteiger partial charge in [0, 0.05) is 0 Å². The molecule has 190 valence electrons. The molecule has 0 N–H and O–H groups in total. The molecular weight excluding hydrogens is 588 g/mol. The maximum absolute atomic E-state index is 12.1. The summed E-state index contributed by atoms with van der Waals surface area (Å²) < 4.78 is 70.3. The second kappa shape index (κ2) is 11.0. The Hall–Kier alpha value is -1.91. The van der Waals surface area contributed by atoms with Gasteiger partial charge in [-0.3, -0.25) is 0 Å². The summed E-state index contributed by atoms with van der Waals surface area (Å²) in [5.74, 6) is 0. The molecule has 0 atom stereocenters. The van der Waals surface area contributed by atoms with Crippen molar-refractivity contribution in [1.82, 2.24) is 0 Å². The number of benzene rings is 3. The number of rotatable bonds is 3. The van der Waals surface area contributed by atoms with Crippen molar-refractivity contribution >= 4 is 10.1 Å². The van der Waals surface area contributed by atoms with Crippen molar-refractivity contribution in [3.8, 4) is 0 Å². The molecule has 0 saturated carbocycles. The van der Waals surface area contributed by atoms with Crippen LogP contribution in [0.5, 0.6) is 0 Å². The van der Waals surface area contributed by atoms with Gasteiger partial charge in [-0.05, 0) is 64.4 Å². The highest BCUT2D eigenvalue weighted by Crippen LogP contribution is 2.30. The lowest BCUT2D eigenvalue weighted by Crippen LogP contribution is -3.61. The predicted octanol–water partition coefficient (Wildman–Crippen LogP) is 4.02. The van der Waals surface area contributed by atoms with Crippen LogP contribution in [0.4, 0.5) is 13.2 Å². The topological polar surface area (TPSA) is 57.2 Å². The molecule has 0 aliphatic heterocycles. The standard InChI is InChI=1S/C20H26I.C7H5F3O3S/c1-19(2,3)15-7-11-17(12-8-15)21-18-13-9-16(10-14-18)20(4,5)6;8-7(9,10)5-2-1-3-6(4-5)14(11,12)13/h7-14H,1-6H3;1-4H,(H,11,12,13)/q+1;/p-1. The Labute approximate surface area is 216 Å². The lowest BCUT2D eigenvalue weighted by molar-refractivity contribution is -0.597. The van der Waals surface area contributed by atoms with Gasteiger partial charge in [0.2, 0.25) is 0 Å².